The third-order valence-corrected chi connectivity index (χ3v) is 4.66. The molecule has 0 radical (unpaired) electrons. The van der Waals surface area contributed by atoms with Crippen molar-refractivity contribution >= 4 is 11.8 Å². The lowest BCUT2D eigenvalue weighted by Gasteiger charge is -2.30. The zero-order chi connectivity index (χ0) is 19.8. The van der Waals surface area contributed by atoms with Gasteiger partial charge in [0.1, 0.15) is 11.9 Å². The molecule has 0 saturated heterocycles. The van der Waals surface area contributed by atoms with Crippen molar-refractivity contribution < 1.29 is 14.0 Å². The quantitative estimate of drug-likeness (QED) is 0.770. The van der Waals surface area contributed by atoms with Gasteiger partial charge in [0.05, 0.1) is 6.42 Å². The smallest absolute Gasteiger partial charge is 0.242 e. The van der Waals surface area contributed by atoms with Gasteiger partial charge in [-0.25, -0.2) is 4.39 Å². The van der Waals surface area contributed by atoms with Crippen molar-refractivity contribution in [1.29, 1.82) is 0 Å². The summed E-state index contributed by atoms with van der Waals surface area (Å²) in [7, 11) is 0. The van der Waals surface area contributed by atoms with Gasteiger partial charge in [0.25, 0.3) is 0 Å². The summed E-state index contributed by atoms with van der Waals surface area (Å²) in [5.74, 6) is -0.903. The van der Waals surface area contributed by atoms with Gasteiger partial charge in [-0.15, -0.1) is 0 Å². The molecule has 0 spiro atoms. The molecular weight excluding hydrogens is 343 g/mol. The average Bonchev–Trinajstić information content (AvgIpc) is 2.67. The maximum atomic E-state index is 14.0. The lowest BCUT2D eigenvalue weighted by Crippen LogP contribution is -2.49. The number of nitrogens with one attached hydrogen (secondary N) is 1. The van der Waals surface area contributed by atoms with Crippen LogP contribution in [0.2, 0.25) is 0 Å². The lowest BCUT2D eigenvalue weighted by molar-refractivity contribution is -0.140. The monoisotopic (exact) mass is 370 g/mol. The molecule has 0 fully saturated rings. The average molecular weight is 370 g/mol. The number of halogens is 1. The minimum atomic E-state index is -0.654. The standard InChI is InChI=1S/C22H27FN2O2/c1-4-16(2)24-22(27)17(3)25(15-18-10-6-5-7-11-18)21(26)14-19-12-8-9-13-20(19)23/h5-13,16-17H,4,14-15H2,1-3H3,(H,24,27)/t16-,17-/m0/s1. The molecular formula is C22H27FN2O2. The van der Waals surface area contributed by atoms with E-state index in [0.717, 1.165) is 12.0 Å². The van der Waals surface area contributed by atoms with E-state index in [9.17, 15) is 14.0 Å². The van der Waals surface area contributed by atoms with E-state index < -0.39 is 11.9 Å². The molecule has 27 heavy (non-hydrogen) atoms. The topological polar surface area (TPSA) is 49.4 Å². The van der Waals surface area contributed by atoms with Gasteiger partial charge in [0.15, 0.2) is 0 Å². The first-order valence-electron chi connectivity index (χ1n) is 9.29. The second-order valence-electron chi connectivity index (χ2n) is 6.77. The molecule has 2 aromatic carbocycles. The van der Waals surface area contributed by atoms with Crippen molar-refractivity contribution in [3.05, 3.63) is 71.5 Å². The first kappa shape index (κ1) is 20.6. The van der Waals surface area contributed by atoms with Crippen LogP contribution in [0.15, 0.2) is 54.6 Å². The van der Waals surface area contributed by atoms with E-state index in [4.69, 9.17) is 0 Å². The summed E-state index contributed by atoms with van der Waals surface area (Å²) in [6.45, 7) is 5.91. The normalized spacial score (nSPS) is 12.9. The van der Waals surface area contributed by atoms with Crippen LogP contribution in [0.1, 0.15) is 38.3 Å². The molecule has 2 amide bonds. The van der Waals surface area contributed by atoms with E-state index in [1.165, 1.54) is 11.0 Å². The molecule has 0 unspecified atom stereocenters. The van der Waals surface area contributed by atoms with Gasteiger partial charge < -0.3 is 10.2 Å². The lowest BCUT2D eigenvalue weighted by atomic mass is 10.1. The molecule has 0 aliphatic rings. The molecule has 2 atom stereocenters. The van der Waals surface area contributed by atoms with E-state index in [0.29, 0.717) is 12.1 Å². The Morgan fingerprint density at radius 3 is 2.30 bits per heavy atom. The van der Waals surface area contributed by atoms with Crippen LogP contribution in [0.4, 0.5) is 4.39 Å². The molecule has 0 aromatic heterocycles. The Morgan fingerprint density at radius 1 is 1.04 bits per heavy atom. The van der Waals surface area contributed by atoms with Crippen molar-refractivity contribution in [2.75, 3.05) is 0 Å². The third kappa shape index (κ3) is 5.91. The van der Waals surface area contributed by atoms with Crippen molar-refractivity contribution in [3.63, 3.8) is 0 Å². The highest BCUT2D eigenvalue weighted by Gasteiger charge is 2.27. The maximum Gasteiger partial charge on any atom is 0.242 e. The van der Waals surface area contributed by atoms with Crippen molar-refractivity contribution in [3.8, 4) is 0 Å². The first-order valence-corrected chi connectivity index (χ1v) is 9.29. The molecule has 144 valence electrons. The van der Waals surface area contributed by atoms with E-state index in [1.807, 2.05) is 44.2 Å². The highest BCUT2D eigenvalue weighted by Crippen LogP contribution is 2.14. The molecule has 0 heterocycles. The number of nitrogens with zero attached hydrogens (tertiary/aromatic N) is 1. The number of hydrogen-bond donors (Lipinski definition) is 1. The third-order valence-electron chi connectivity index (χ3n) is 4.66. The molecule has 0 aliphatic carbocycles. The Labute approximate surface area is 160 Å². The van der Waals surface area contributed by atoms with E-state index >= 15 is 0 Å². The zero-order valence-electron chi connectivity index (χ0n) is 16.1. The van der Waals surface area contributed by atoms with Gasteiger partial charge in [0, 0.05) is 12.6 Å². The van der Waals surface area contributed by atoms with Gasteiger partial charge in [-0.2, -0.15) is 0 Å². The fraction of sp³-hybridized carbons (Fsp3) is 0.364. The number of hydrogen-bond acceptors (Lipinski definition) is 2. The fourth-order valence-electron chi connectivity index (χ4n) is 2.73. The molecule has 0 saturated carbocycles. The molecule has 2 aromatic rings. The second kappa shape index (κ2) is 9.86. The number of benzene rings is 2. The van der Waals surface area contributed by atoms with Gasteiger partial charge in [-0.3, -0.25) is 9.59 Å². The highest BCUT2D eigenvalue weighted by molar-refractivity contribution is 5.88. The van der Waals surface area contributed by atoms with Gasteiger partial charge in [-0.1, -0.05) is 55.5 Å². The minimum Gasteiger partial charge on any atom is -0.352 e. The van der Waals surface area contributed by atoms with Crippen LogP contribution in [-0.4, -0.2) is 28.8 Å². The fourth-order valence-corrected chi connectivity index (χ4v) is 2.73. The van der Waals surface area contributed by atoms with Crippen LogP contribution >= 0.6 is 0 Å². The number of carbonyl (C=O) groups is 2. The Bertz CT molecular complexity index is 764. The zero-order valence-corrected chi connectivity index (χ0v) is 16.1. The molecule has 1 N–H and O–H groups in total. The second-order valence-corrected chi connectivity index (χ2v) is 6.77. The van der Waals surface area contributed by atoms with E-state index in [2.05, 4.69) is 5.32 Å². The Balaban J connectivity index is 2.21. The molecule has 2 rings (SSSR count). The molecule has 5 heteroatoms. The summed E-state index contributed by atoms with van der Waals surface area (Å²) in [4.78, 5) is 27.1. The van der Waals surface area contributed by atoms with Crippen LogP contribution in [0.25, 0.3) is 0 Å². The summed E-state index contributed by atoms with van der Waals surface area (Å²) >= 11 is 0. The maximum absolute atomic E-state index is 14.0. The predicted molar refractivity (Wildman–Crippen MR) is 104 cm³/mol. The number of rotatable bonds is 8. The van der Waals surface area contributed by atoms with Crippen LogP contribution in [0.3, 0.4) is 0 Å². The van der Waals surface area contributed by atoms with Crippen LogP contribution in [0, 0.1) is 5.82 Å². The van der Waals surface area contributed by atoms with Crippen molar-refractivity contribution in [2.24, 2.45) is 0 Å². The number of carbonyl (C=O) groups excluding carboxylic acids is 2. The summed E-state index contributed by atoms with van der Waals surface area (Å²) in [5, 5.41) is 2.92. The predicted octanol–water partition coefficient (Wildman–Crippen LogP) is 3.70. The van der Waals surface area contributed by atoms with Crippen LogP contribution in [-0.2, 0) is 22.6 Å². The molecule has 0 bridgehead atoms. The van der Waals surface area contributed by atoms with Crippen LogP contribution < -0.4 is 5.32 Å². The summed E-state index contributed by atoms with van der Waals surface area (Å²) in [5.41, 5.74) is 1.25. The number of amides is 2. The largest absolute Gasteiger partial charge is 0.352 e. The summed E-state index contributed by atoms with van der Waals surface area (Å²) in [6.07, 6.45) is 0.723. The Kier molecular flexibility index (Phi) is 7.53. The highest BCUT2D eigenvalue weighted by atomic mass is 19.1. The summed E-state index contributed by atoms with van der Waals surface area (Å²) in [6, 6.07) is 15.1. The van der Waals surface area contributed by atoms with E-state index in [-0.39, 0.29) is 24.3 Å². The SMILES string of the molecule is CC[C@H](C)NC(=O)[C@H](C)N(Cc1ccccc1)C(=O)Cc1ccccc1F. The van der Waals surface area contributed by atoms with Crippen LogP contribution in [0.5, 0.6) is 0 Å². The van der Waals surface area contributed by atoms with Gasteiger partial charge in [-0.05, 0) is 37.5 Å². The Hall–Kier alpha value is -2.69. The van der Waals surface area contributed by atoms with Gasteiger partial charge in [0.2, 0.25) is 11.8 Å². The van der Waals surface area contributed by atoms with Crippen molar-refractivity contribution in [2.45, 2.75) is 52.2 Å². The van der Waals surface area contributed by atoms with Gasteiger partial charge >= 0.3 is 0 Å². The molecule has 0 aliphatic heterocycles. The molecule has 4 nitrogen and oxygen atoms in total. The Morgan fingerprint density at radius 2 is 1.67 bits per heavy atom. The summed E-state index contributed by atoms with van der Waals surface area (Å²) < 4.78 is 14.0. The minimum absolute atomic E-state index is 0.0280. The van der Waals surface area contributed by atoms with Crippen molar-refractivity contribution in [1.82, 2.24) is 10.2 Å². The first-order chi connectivity index (χ1) is 12.9. The van der Waals surface area contributed by atoms with E-state index in [1.54, 1.807) is 25.1 Å².